The molecule has 1 aromatic rings. The molecule has 0 aromatic heterocycles. The molecule has 7 heteroatoms. The van der Waals surface area contributed by atoms with E-state index < -0.39 is 5.82 Å². The molecule has 0 aliphatic carbocycles. The molecule has 0 bridgehead atoms. The molecule has 3 rings (SSSR count). The molecule has 1 N–H and O–H groups in total. The molecule has 24 heavy (non-hydrogen) atoms. The van der Waals surface area contributed by atoms with Gasteiger partial charge in [-0.25, -0.2) is 4.39 Å². The Kier molecular flexibility index (Phi) is 5.71. The second-order valence-corrected chi connectivity index (χ2v) is 6.92. The standard InChI is InChI=1S/C17H22ClFN2O3/c18-15-5-12(6-16(19)7-15)17(23)21-9-13(14(10-21)11-22)8-20-1-3-24-4-2-20/h5-7,13-14,22H,1-4,8-11H2/t13-,14-/m0/s1. The van der Waals surface area contributed by atoms with Crippen LogP contribution in [0, 0.1) is 17.7 Å². The quantitative estimate of drug-likeness (QED) is 0.888. The predicted molar refractivity (Wildman–Crippen MR) is 88.6 cm³/mol. The lowest BCUT2D eigenvalue weighted by Gasteiger charge is -2.30. The monoisotopic (exact) mass is 356 g/mol. The molecule has 2 aliphatic rings. The first-order chi connectivity index (χ1) is 11.6. The van der Waals surface area contributed by atoms with Crippen molar-refractivity contribution < 1.29 is 19.0 Å². The number of halogens is 2. The highest BCUT2D eigenvalue weighted by Gasteiger charge is 2.36. The Morgan fingerprint density at radius 3 is 2.62 bits per heavy atom. The SMILES string of the molecule is O=C(c1cc(F)cc(Cl)c1)N1C[C@@H](CO)[C@@H](CN2CCOCC2)C1. The van der Waals surface area contributed by atoms with Crippen LogP contribution in [0.4, 0.5) is 4.39 Å². The van der Waals surface area contributed by atoms with Crippen molar-refractivity contribution in [3.05, 3.63) is 34.6 Å². The Morgan fingerprint density at radius 2 is 1.96 bits per heavy atom. The van der Waals surface area contributed by atoms with Crippen molar-refractivity contribution in [2.45, 2.75) is 0 Å². The molecule has 2 heterocycles. The van der Waals surface area contributed by atoms with Crippen molar-refractivity contribution >= 4 is 17.5 Å². The fourth-order valence-corrected chi connectivity index (χ4v) is 3.72. The van der Waals surface area contributed by atoms with Gasteiger partial charge in [0, 0.05) is 55.8 Å². The van der Waals surface area contributed by atoms with Crippen LogP contribution in [0.1, 0.15) is 10.4 Å². The Hall–Kier alpha value is -1.21. The van der Waals surface area contributed by atoms with Gasteiger partial charge in [-0.15, -0.1) is 0 Å². The number of morpholine rings is 1. The molecule has 0 spiro atoms. The van der Waals surface area contributed by atoms with E-state index in [0.717, 1.165) is 32.8 Å². The van der Waals surface area contributed by atoms with E-state index in [9.17, 15) is 14.3 Å². The van der Waals surface area contributed by atoms with Crippen LogP contribution in [-0.4, -0.2) is 73.4 Å². The molecule has 5 nitrogen and oxygen atoms in total. The van der Waals surface area contributed by atoms with Gasteiger partial charge in [-0.05, 0) is 24.1 Å². The van der Waals surface area contributed by atoms with Gasteiger partial charge in [-0.1, -0.05) is 11.6 Å². The van der Waals surface area contributed by atoms with Crippen LogP contribution in [0.15, 0.2) is 18.2 Å². The van der Waals surface area contributed by atoms with Crippen LogP contribution >= 0.6 is 11.6 Å². The number of likely N-dealkylation sites (tertiary alicyclic amines) is 1. The summed E-state index contributed by atoms with van der Waals surface area (Å²) in [7, 11) is 0. The summed E-state index contributed by atoms with van der Waals surface area (Å²) in [5.74, 6) is -0.505. The fourth-order valence-electron chi connectivity index (χ4n) is 3.49. The first-order valence-electron chi connectivity index (χ1n) is 8.23. The number of hydrogen-bond acceptors (Lipinski definition) is 4. The topological polar surface area (TPSA) is 53.0 Å². The van der Waals surface area contributed by atoms with E-state index in [1.807, 2.05) is 0 Å². The van der Waals surface area contributed by atoms with E-state index >= 15 is 0 Å². The Morgan fingerprint density at radius 1 is 1.25 bits per heavy atom. The van der Waals surface area contributed by atoms with Crippen LogP contribution < -0.4 is 0 Å². The fraction of sp³-hybridized carbons (Fsp3) is 0.588. The summed E-state index contributed by atoms with van der Waals surface area (Å²) in [5.41, 5.74) is 0.253. The third kappa shape index (κ3) is 4.06. The van der Waals surface area contributed by atoms with Gasteiger partial charge in [0.2, 0.25) is 0 Å². The zero-order chi connectivity index (χ0) is 17.1. The molecule has 0 saturated carbocycles. The number of aliphatic hydroxyl groups excluding tert-OH is 1. The minimum absolute atomic E-state index is 0.0424. The number of carbonyl (C=O) groups excluding carboxylic acids is 1. The maximum absolute atomic E-state index is 13.5. The van der Waals surface area contributed by atoms with Gasteiger partial charge in [0.1, 0.15) is 5.82 Å². The second kappa shape index (κ2) is 7.78. The molecule has 2 saturated heterocycles. The summed E-state index contributed by atoms with van der Waals surface area (Å²) < 4.78 is 18.8. The number of carbonyl (C=O) groups is 1. The first-order valence-corrected chi connectivity index (χ1v) is 8.61. The Balaban J connectivity index is 1.67. The molecule has 132 valence electrons. The molecule has 0 radical (unpaired) electrons. The van der Waals surface area contributed by atoms with Gasteiger partial charge in [-0.2, -0.15) is 0 Å². The van der Waals surface area contributed by atoms with Crippen LogP contribution in [0.3, 0.4) is 0 Å². The minimum Gasteiger partial charge on any atom is -0.396 e. The minimum atomic E-state index is -0.520. The number of aliphatic hydroxyl groups is 1. The van der Waals surface area contributed by atoms with Crippen molar-refractivity contribution in [2.24, 2.45) is 11.8 Å². The highest BCUT2D eigenvalue weighted by molar-refractivity contribution is 6.31. The van der Waals surface area contributed by atoms with Crippen molar-refractivity contribution in [3.63, 3.8) is 0 Å². The number of amides is 1. The third-order valence-electron chi connectivity index (χ3n) is 4.80. The largest absolute Gasteiger partial charge is 0.396 e. The summed E-state index contributed by atoms with van der Waals surface area (Å²) in [5, 5.41) is 9.87. The molecule has 1 amide bonds. The van der Waals surface area contributed by atoms with E-state index in [0.29, 0.717) is 13.1 Å². The lowest BCUT2D eigenvalue weighted by molar-refractivity contribution is 0.0264. The van der Waals surface area contributed by atoms with Gasteiger partial charge in [0.05, 0.1) is 13.2 Å². The van der Waals surface area contributed by atoms with Crippen LogP contribution in [0.25, 0.3) is 0 Å². The van der Waals surface area contributed by atoms with E-state index in [4.69, 9.17) is 16.3 Å². The number of benzene rings is 1. The van der Waals surface area contributed by atoms with Gasteiger partial charge < -0.3 is 14.7 Å². The Labute approximate surface area is 145 Å². The van der Waals surface area contributed by atoms with Gasteiger partial charge in [-0.3, -0.25) is 9.69 Å². The molecule has 1 aromatic carbocycles. The van der Waals surface area contributed by atoms with E-state index in [2.05, 4.69) is 4.90 Å². The number of ether oxygens (including phenoxy) is 1. The highest BCUT2D eigenvalue weighted by Crippen LogP contribution is 2.26. The van der Waals surface area contributed by atoms with E-state index in [1.165, 1.54) is 18.2 Å². The number of nitrogens with zero attached hydrogens (tertiary/aromatic N) is 2. The molecular weight excluding hydrogens is 335 g/mol. The molecule has 2 fully saturated rings. The van der Waals surface area contributed by atoms with Crippen LogP contribution in [-0.2, 0) is 4.74 Å². The maximum atomic E-state index is 13.5. The van der Waals surface area contributed by atoms with Gasteiger partial charge in [0.15, 0.2) is 0 Å². The van der Waals surface area contributed by atoms with Gasteiger partial charge in [0.25, 0.3) is 5.91 Å². The van der Waals surface area contributed by atoms with Crippen molar-refractivity contribution in [1.82, 2.24) is 9.80 Å². The lowest BCUT2D eigenvalue weighted by Crippen LogP contribution is -2.41. The Bertz CT molecular complexity index is 575. The zero-order valence-corrected chi connectivity index (χ0v) is 14.2. The normalized spacial score (nSPS) is 25.2. The van der Waals surface area contributed by atoms with Crippen molar-refractivity contribution in [2.75, 3.05) is 52.5 Å². The smallest absolute Gasteiger partial charge is 0.254 e. The second-order valence-electron chi connectivity index (χ2n) is 6.48. The predicted octanol–water partition coefficient (Wildman–Crippen LogP) is 1.49. The summed E-state index contributed by atoms with van der Waals surface area (Å²) in [6.45, 7) is 5.13. The maximum Gasteiger partial charge on any atom is 0.254 e. The third-order valence-corrected chi connectivity index (χ3v) is 5.02. The van der Waals surface area contributed by atoms with E-state index in [-0.39, 0.29) is 34.9 Å². The molecule has 0 unspecified atom stereocenters. The molecular formula is C17H22ClFN2O3. The van der Waals surface area contributed by atoms with Crippen molar-refractivity contribution in [1.29, 1.82) is 0 Å². The zero-order valence-electron chi connectivity index (χ0n) is 13.5. The summed E-state index contributed by atoms with van der Waals surface area (Å²) in [6, 6.07) is 3.87. The average Bonchev–Trinajstić information content (AvgIpc) is 2.97. The summed E-state index contributed by atoms with van der Waals surface area (Å²) in [4.78, 5) is 16.6. The van der Waals surface area contributed by atoms with Crippen molar-refractivity contribution in [3.8, 4) is 0 Å². The highest BCUT2D eigenvalue weighted by atomic mass is 35.5. The van der Waals surface area contributed by atoms with Gasteiger partial charge >= 0.3 is 0 Å². The summed E-state index contributed by atoms with van der Waals surface area (Å²) in [6.07, 6.45) is 0. The number of rotatable bonds is 4. The lowest BCUT2D eigenvalue weighted by atomic mass is 9.96. The van der Waals surface area contributed by atoms with Crippen LogP contribution in [0.5, 0.6) is 0 Å². The average molecular weight is 357 g/mol. The van der Waals surface area contributed by atoms with E-state index in [1.54, 1.807) is 4.90 Å². The molecule has 2 aliphatic heterocycles. The van der Waals surface area contributed by atoms with Crippen LogP contribution in [0.2, 0.25) is 5.02 Å². The first kappa shape index (κ1) is 17.6. The molecule has 2 atom stereocenters. The summed E-state index contributed by atoms with van der Waals surface area (Å²) >= 11 is 5.85. The number of hydrogen-bond donors (Lipinski definition) is 1.